The van der Waals surface area contributed by atoms with Crippen LogP contribution >= 0.6 is 12.6 Å². The summed E-state index contributed by atoms with van der Waals surface area (Å²) in [4.78, 5) is 66.5. The number of aliphatic hydroxyl groups excluding tert-OH is 1. The lowest BCUT2D eigenvalue weighted by atomic mass is 9.97. The monoisotopic (exact) mass is 709 g/mol. The third-order valence-electron chi connectivity index (χ3n) is 7.45. The predicted octanol–water partition coefficient (Wildman–Crippen LogP) is 3.64. The van der Waals surface area contributed by atoms with Crippen LogP contribution in [-0.4, -0.2) is 95.1 Å². The molecule has 0 saturated heterocycles. The molecule has 0 radical (unpaired) electrons. The van der Waals surface area contributed by atoms with Crippen molar-refractivity contribution in [1.29, 1.82) is 0 Å². The molecule has 1 rings (SSSR count). The SMILES string of the molecule is CC(C)C[C@H](NC(=O)[C@H](CCS)NC(=O)[C@@H](NC(=O)OC(C)(C)C)C(C)C)[C@@H](O)CN(C)C(=O)[C@H](NC(=O)OCc1ccccc1)C(C)C. The quantitative estimate of drug-likeness (QED) is 0.125. The molecule has 278 valence electrons. The number of ether oxygens (including phenoxy) is 2. The number of thiol groups is 1. The van der Waals surface area contributed by atoms with Crippen LogP contribution < -0.4 is 21.3 Å². The third-order valence-corrected chi connectivity index (χ3v) is 7.70. The molecule has 0 aliphatic rings. The molecule has 0 saturated carbocycles. The van der Waals surface area contributed by atoms with Crippen molar-refractivity contribution in [2.45, 2.75) is 118 Å². The van der Waals surface area contributed by atoms with Gasteiger partial charge in [0.2, 0.25) is 17.7 Å². The Morgan fingerprint density at radius 3 is 1.92 bits per heavy atom. The lowest BCUT2D eigenvalue weighted by Crippen LogP contribution is -2.59. The lowest BCUT2D eigenvalue weighted by Gasteiger charge is -2.33. The number of carbonyl (C=O) groups is 5. The zero-order valence-electron chi connectivity index (χ0n) is 30.7. The van der Waals surface area contributed by atoms with Crippen LogP contribution in [0.5, 0.6) is 0 Å². The van der Waals surface area contributed by atoms with Crippen LogP contribution in [0.4, 0.5) is 9.59 Å². The van der Waals surface area contributed by atoms with E-state index in [4.69, 9.17) is 9.47 Å². The molecule has 0 bridgehead atoms. The van der Waals surface area contributed by atoms with E-state index in [2.05, 4.69) is 33.9 Å². The van der Waals surface area contributed by atoms with Crippen LogP contribution in [0.15, 0.2) is 30.3 Å². The van der Waals surface area contributed by atoms with E-state index in [9.17, 15) is 29.1 Å². The molecule has 0 spiro atoms. The number of likely N-dealkylation sites (N-methyl/N-ethyl adjacent to an activating group) is 1. The van der Waals surface area contributed by atoms with Gasteiger partial charge in [0.1, 0.15) is 30.3 Å². The van der Waals surface area contributed by atoms with E-state index >= 15 is 0 Å². The first-order valence-corrected chi connectivity index (χ1v) is 17.5. The molecule has 14 heteroatoms. The minimum Gasteiger partial charge on any atom is -0.445 e. The number of hydrogen-bond acceptors (Lipinski definition) is 9. The second-order valence-electron chi connectivity index (χ2n) is 14.4. The van der Waals surface area contributed by atoms with Crippen molar-refractivity contribution < 1.29 is 38.6 Å². The maximum absolute atomic E-state index is 13.5. The summed E-state index contributed by atoms with van der Waals surface area (Å²) in [6.07, 6.45) is -2.11. The average molecular weight is 710 g/mol. The molecule has 0 aliphatic heterocycles. The Morgan fingerprint density at radius 2 is 1.41 bits per heavy atom. The van der Waals surface area contributed by atoms with Crippen LogP contribution in [-0.2, 0) is 30.5 Å². The van der Waals surface area contributed by atoms with Gasteiger partial charge in [0, 0.05) is 13.6 Å². The van der Waals surface area contributed by atoms with Gasteiger partial charge in [-0.05, 0) is 62.7 Å². The number of nitrogens with one attached hydrogen (secondary N) is 4. The Bertz CT molecular complexity index is 1210. The fourth-order valence-electron chi connectivity index (χ4n) is 4.87. The molecule has 0 heterocycles. The molecule has 5 N–H and O–H groups in total. The van der Waals surface area contributed by atoms with Crippen molar-refractivity contribution >= 4 is 42.5 Å². The lowest BCUT2D eigenvalue weighted by molar-refractivity contribution is -0.135. The van der Waals surface area contributed by atoms with Crippen LogP contribution in [0.25, 0.3) is 0 Å². The van der Waals surface area contributed by atoms with E-state index in [0.717, 1.165) is 5.56 Å². The summed E-state index contributed by atoms with van der Waals surface area (Å²) >= 11 is 4.26. The van der Waals surface area contributed by atoms with E-state index in [1.54, 1.807) is 48.5 Å². The van der Waals surface area contributed by atoms with Crippen molar-refractivity contribution in [2.24, 2.45) is 17.8 Å². The van der Waals surface area contributed by atoms with Crippen LogP contribution in [0.1, 0.15) is 80.7 Å². The summed E-state index contributed by atoms with van der Waals surface area (Å²) in [5.74, 6) is -1.80. The first kappa shape index (κ1) is 43.5. The summed E-state index contributed by atoms with van der Waals surface area (Å²) in [5.41, 5.74) is 0.0409. The number of carbonyl (C=O) groups excluding carboxylic acids is 5. The van der Waals surface area contributed by atoms with E-state index in [0.29, 0.717) is 6.42 Å². The highest BCUT2D eigenvalue weighted by Gasteiger charge is 2.34. The third kappa shape index (κ3) is 16.6. The predicted molar refractivity (Wildman–Crippen MR) is 192 cm³/mol. The number of nitrogens with zero attached hydrogens (tertiary/aromatic N) is 1. The van der Waals surface area contributed by atoms with Gasteiger partial charge in [-0.15, -0.1) is 0 Å². The Hall–Kier alpha value is -3.52. The number of rotatable bonds is 18. The zero-order valence-corrected chi connectivity index (χ0v) is 31.6. The van der Waals surface area contributed by atoms with Gasteiger partial charge in [0.25, 0.3) is 0 Å². The molecule has 1 aromatic carbocycles. The van der Waals surface area contributed by atoms with Crippen molar-refractivity contribution in [2.75, 3.05) is 19.3 Å². The number of alkyl carbamates (subject to hydrolysis) is 2. The molecule has 49 heavy (non-hydrogen) atoms. The van der Waals surface area contributed by atoms with Gasteiger partial charge < -0.3 is 40.7 Å². The summed E-state index contributed by atoms with van der Waals surface area (Å²) in [6, 6.07) is 5.48. The van der Waals surface area contributed by atoms with Gasteiger partial charge in [0.05, 0.1) is 12.1 Å². The van der Waals surface area contributed by atoms with E-state index in [-0.39, 0.29) is 43.1 Å². The highest BCUT2D eigenvalue weighted by Crippen LogP contribution is 2.14. The normalized spacial score (nSPS) is 14.7. The summed E-state index contributed by atoms with van der Waals surface area (Å²) < 4.78 is 10.6. The molecule has 0 fully saturated rings. The van der Waals surface area contributed by atoms with Crippen LogP contribution in [0.3, 0.4) is 0 Å². The van der Waals surface area contributed by atoms with Crippen molar-refractivity contribution in [1.82, 2.24) is 26.2 Å². The first-order chi connectivity index (χ1) is 22.7. The maximum Gasteiger partial charge on any atom is 0.408 e. The molecule has 5 amide bonds. The largest absolute Gasteiger partial charge is 0.445 e. The second kappa shape index (κ2) is 20.9. The van der Waals surface area contributed by atoms with Crippen molar-refractivity contribution in [3.8, 4) is 0 Å². The van der Waals surface area contributed by atoms with Gasteiger partial charge in [0.15, 0.2) is 0 Å². The highest BCUT2D eigenvalue weighted by atomic mass is 32.1. The fraction of sp³-hybridized carbons (Fsp3) is 0.686. The van der Waals surface area contributed by atoms with E-state index < -0.39 is 65.8 Å². The second-order valence-corrected chi connectivity index (χ2v) is 14.8. The Kier molecular flexibility index (Phi) is 18.5. The van der Waals surface area contributed by atoms with Gasteiger partial charge in [-0.3, -0.25) is 14.4 Å². The van der Waals surface area contributed by atoms with Gasteiger partial charge >= 0.3 is 12.2 Å². The molecule has 5 atom stereocenters. The Balaban J connectivity index is 2.99. The van der Waals surface area contributed by atoms with Gasteiger partial charge in [-0.25, -0.2) is 9.59 Å². The molecule has 0 aliphatic carbocycles. The summed E-state index contributed by atoms with van der Waals surface area (Å²) in [7, 11) is 1.51. The number of aliphatic hydroxyl groups is 1. The number of benzene rings is 1. The molecule has 0 unspecified atom stereocenters. The minimum atomic E-state index is -1.18. The van der Waals surface area contributed by atoms with Crippen LogP contribution in [0.2, 0.25) is 0 Å². The molecule has 1 aromatic rings. The van der Waals surface area contributed by atoms with E-state index in [1.807, 2.05) is 44.2 Å². The van der Waals surface area contributed by atoms with Crippen LogP contribution in [0, 0.1) is 17.8 Å². The van der Waals surface area contributed by atoms with Gasteiger partial charge in [-0.1, -0.05) is 71.9 Å². The standard InChI is InChI=1S/C35H59N5O8S/c1-21(2)18-26(37-30(42)25(16-17-49)36-31(43)28(22(3)4)38-34(46)48-35(7,8)9)27(41)19-40(10)32(44)29(23(5)6)39-33(45)47-20-24-14-12-11-13-15-24/h11-15,21-23,25-29,41,49H,16-20H2,1-10H3,(H,36,43)(H,37,42)(H,38,46)(H,39,45)/t25-,26-,27-,28-,29+/m0/s1. The highest BCUT2D eigenvalue weighted by molar-refractivity contribution is 7.80. The molecular weight excluding hydrogens is 650 g/mol. The summed E-state index contributed by atoms with van der Waals surface area (Å²) in [6.45, 7) is 16.0. The maximum atomic E-state index is 13.5. The van der Waals surface area contributed by atoms with Crippen molar-refractivity contribution in [3.05, 3.63) is 35.9 Å². The van der Waals surface area contributed by atoms with E-state index in [1.165, 1.54) is 11.9 Å². The molecular formula is C35H59N5O8S. The molecule has 13 nitrogen and oxygen atoms in total. The average Bonchev–Trinajstić information content (AvgIpc) is 2.99. The first-order valence-electron chi connectivity index (χ1n) is 16.9. The Labute approximate surface area is 297 Å². The zero-order chi connectivity index (χ0) is 37.5. The minimum absolute atomic E-state index is 0.0455. The van der Waals surface area contributed by atoms with Crippen molar-refractivity contribution in [3.63, 3.8) is 0 Å². The number of amides is 5. The smallest absolute Gasteiger partial charge is 0.408 e. The fourth-order valence-corrected chi connectivity index (χ4v) is 5.13. The molecule has 0 aromatic heterocycles. The Morgan fingerprint density at radius 1 is 0.837 bits per heavy atom. The number of hydrogen-bond donors (Lipinski definition) is 6. The summed E-state index contributed by atoms with van der Waals surface area (Å²) in [5, 5.41) is 22.1. The topological polar surface area (TPSA) is 175 Å². The van der Waals surface area contributed by atoms with Gasteiger partial charge in [-0.2, -0.15) is 12.6 Å².